The number of ketones is 1. The van der Waals surface area contributed by atoms with E-state index in [1.807, 2.05) is 13.8 Å². The van der Waals surface area contributed by atoms with Crippen molar-refractivity contribution >= 4 is 11.8 Å². The number of aryl methyl sites for hydroxylation is 1. The van der Waals surface area contributed by atoms with Gasteiger partial charge in [0.1, 0.15) is 5.75 Å². The lowest BCUT2D eigenvalue weighted by Crippen LogP contribution is -2.33. The van der Waals surface area contributed by atoms with Gasteiger partial charge in [-0.25, -0.2) is 0 Å². The van der Waals surface area contributed by atoms with Crippen LogP contribution in [0.15, 0.2) is 6.07 Å². The highest BCUT2D eigenvalue weighted by atomic mass is 16.5. The Morgan fingerprint density at radius 3 is 2.37 bits per heavy atom. The first-order valence-corrected chi connectivity index (χ1v) is 5.96. The van der Waals surface area contributed by atoms with Crippen LogP contribution in [0, 0.1) is 20.8 Å². The molecule has 1 atom stereocenters. The van der Waals surface area contributed by atoms with Crippen molar-refractivity contribution in [2.45, 2.75) is 33.2 Å². The van der Waals surface area contributed by atoms with Crippen LogP contribution in [0.25, 0.3) is 0 Å². The van der Waals surface area contributed by atoms with Gasteiger partial charge in [-0.3, -0.25) is 9.59 Å². The van der Waals surface area contributed by atoms with E-state index in [0.717, 1.165) is 22.4 Å². The fourth-order valence-electron chi connectivity index (χ4n) is 2.11. The number of hydrogen-bond acceptors (Lipinski definition) is 4. The number of Topliss-reactive ketones (excluding diaryl/α,β-unsaturated/α-hetero) is 1. The maximum atomic E-state index is 12.2. The Morgan fingerprint density at radius 1 is 1.32 bits per heavy atom. The first kappa shape index (κ1) is 15.2. The van der Waals surface area contributed by atoms with Crippen LogP contribution in [0.1, 0.15) is 33.5 Å². The summed E-state index contributed by atoms with van der Waals surface area (Å²) >= 11 is 0. The third kappa shape index (κ3) is 3.12. The number of carbonyl (C=O) groups is 2. The lowest BCUT2D eigenvalue weighted by molar-refractivity contribution is -0.137. The summed E-state index contributed by atoms with van der Waals surface area (Å²) in [5.74, 6) is -0.699. The Hall–Kier alpha value is -1.88. The van der Waals surface area contributed by atoms with Crippen molar-refractivity contribution in [3.8, 4) is 5.75 Å². The summed E-state index contributed by atoms with van der Waals surface area (Å²) in [7, 11) is 1.58. The van der Waals surface area contributed by atoms with Crippen molar-refractivity contribution < 1.29 is 19.4 Å². The highest BCUT2D eigenvalue weighted by molar-refractivity contribution is 6.03. The average molecular weight is 265 g/mol. The molecule has 0 aliphatic heterocycles. The molecule has 0 saturated heterocycles. The molecule has 0 amide bonds. The minimum Gasteiger partial charge on any atom is -0.496 e. The molecule has 3 N–H and O–H groups in total. The molecule has 5 nitrogen and oxygen atoms in total. The Bertz CT molecular complexity index is 523. The molecule has 5 heteroatoms. The van der Waals surface area contributed by atoms with Gasteiger partial charge in [0, 0.05) is 5.56 Å². The number of aliphatic carboxylic acids is 1. The monoisotopic (exact) mass is 265 g/mol. The Kier molecular flexibility index (Phi) is 4.67. The molecule has 0 bridgehead atoms. The van der Waals surface area contributed by atoms with Gasteiger partial charge < -0.3 is 15.6 Å². The summed E-state index contributed by atoms with van der Waals surface area (Å²) in [4.78, 5) is 22.8. The molecule has 0 aliphatic carbocycles. The second-order valence-electron chi connectivity index (χ2n) is 4.59. The van der Waals surface area contributed by atoms with E-state index in [0.29, 0.717) is 5.56 Å². The van der Waals surface area contributed by atoms with Crippen molar-refractivity contribution in [1.29, 1.82) is 0 Å². The summed E-state index contributed by atoms with van der Waals surface area (Å²) in [6.07, 6.45) is -0.373. The van der Waals surface area contributed by atoms with Crippen LogP contribution in [-0.2, 0) is 4.79 Å². The summed E-state index contributed by atoms with van der Waals surface area (Å²) in [5.41, 5.74) is 8.56. The van der Waals surface area contributed by atoms with Gasteiger partial charge in [-0.1, -0.05) is 0 Å². The molecule has 0 aromatic heterocycles. The molecule has 0 spiro atoms. The maximum absolute atomic E-state index is 12.2. The number of benzene rings is 1. The maximum Gasteiger partial charge on any atom is 0.305 e. The molecule has 0 radical (unpaired) electrons. The number of nitrogens with two attached hydrogens (primary N) is 1. The largest absolute Gasteiger partial charge is 0.496 e. The molecular weight excluding hydrogens is 246 g/mol. The van der Waals surface area contributed by atoms with Gasteiger partial charge in [-0.15, -0.1) is 0 Å². The van der Waals surface area contributed by atoms with Crippen LogP contribution in [0.2, 0.25) is 0 Å². The van der Waals surface area contributed by atoms with Crippen LogP contribution in [-0.4, -0.2) is 30.0 Å². The minimum absolute atomic E-state index is 0.353. The third-order valence-corrected chi connectivity index (χ3v) is 3.23. The molecule has 1 aromatic rings. The minimum atomic E-state index is -1.08. The predicted molar refractivity (Wildman–Crippen MR) is 71.8 cm³/mol. The SMILES string of the molecule is COc1c(C)cc(C(=O)C(N)CC(=O)O)c(C)c1C. The van der Waals surface area contributed by atoms with E-state index < -0.39 is 12.0 Å². The van der Waals surface area contributed by atoms with Crippen LogP contribution in [0.5, 0.6) is 5.75 Å². The number of carbonyl (C=O) groups excluding carboxylic acids is 1. The summed E-state index contributed by atoms with van der Waals surface area (Å²) in [6, 6.07) is 0.675. The van der Waals surface area contributed by atoms with Gasteiger partial charge in [0.25, 0.3) is 0 Å². The van der Waals surface area contributed by atoms with Crippen molar-refractivity contribution in [2.75, 3.05) is 7.11 Å². The zero-order valence-electron chi connectivity index (χ0n) is 11.6. The van der Waals surface area contributed by atoms with E-state index in [2.05, 4.69) is 0 Å². The lowest BCUT2D eigenvalue weighted by Gasteiger charge is -2.16. The van der Waals surface area contributed by atoms with E-state index in [9.17, 15) is 9.59 Å². The normalized spacial score (nSPS) is 12.1. The standard InChI is InChI=1S/C14H19NO4/c1-7-5-10(8(2)9(3)14(7)19-4)13(18)11(15)6-12(16)17/h5,11H,6,15H2,1-4H3,(H,16,17). The van der Waals surface area contributed by atoms with Gasteiger partial charge in [-0.2, -0.15) is 0 Å². The van der Waals surface area contributed by atoms with E-state index in [1.54, 1.807) is 20.1 Å². The van der Waals surface area contributed by atoms with Gasteiger partial charge in [0.2, 0.25) is 0 Å². The van der Waals surface area contributed by atoms with Crippen molar-refractivity contribution in [3.05, 3.63) is 28.3 Å². The number of carboxylic acids is 1. The summed E-state index contributed by atoms with van der Waals surface area (Å²) < 4.78 is 5.28. The molecular formula is C14H19NO4. The number of rotatable bonds is 5. The van der Waals surface area contributed by atoms with Gasteiger partial charge in [0.15, 0.2) is 5.78 Å². The molecule has 0 aliphatic rings. The van der Waals surface area contributed by atoms with Crippen LogP contribution >= 0.6 is 0 Å². The first-order valence-electron chi connectivity index (χ1n) is 5.96. The van der Waals surface area contributed by atoms with Gasteiger partial charge in [-0.05, 0) is 43.5 Å². The second-order valence-corrected chi connectivity index (χ2v) is 4.59. The molecule has 0 fully saturated rings. The van der Waals surface area contributed by atoms with Gasteiger partial charge in [0.05, 0.1) is 19.6 Å². The molecule has 0 saturated carbocycles. The topological polar surface area (TPSA) is 89.6 Å². The molecule has 1 rings (SSSR count). The van der Waals surface area contributed by atoms with E-state index in [4.69, 9.17) is 15.6 Å². The lowest BCUT2D eigenvalue weighted by atomic mass is 9.92. The number of hydrogen-bond donors (Lipinski definition) is 2. The molecule has 104 valence electrons. The van der Waals surface area contributed by atoms with Crippen LogP contribution in [0.3, 0.4) is 0 Å². The summed E-state index contributed by atoms with van der Waals surface area (Å²) in [6.45, 7) is 5.50. The second kappa shape index (κ2) is 5.84. The Morgan fingerprint density at radius 2 is 1.89 bits per heavy atom. The molecule has 19 heavy (non-hydrogen) atoms. The molecule has 1 unspecified atom stereocenters. The Balaban J connectivity index is 3.22. The quantitative estimate of drug-likeness (QED) is 0.789. The number of carboxylic acid groups (broad SMARTS) is 1. The van der Waals surface area contributed by atoms with Crippen molar-refractivity contribution in [2.24, 2.45) is 5.73 Å². The van der Waals surface area contributed by atoms with E-state index in [-0.39, 0.29) is 12.2 Å². The van der Waals surface area contributed by atoms with Crippen LogP contribution in [0.4, 0.5) is 0 Å². The van der Waals surface area contributed by atoms with E-state index in [1.165, 1.54) is 0 Å². The Labute approximate surface area is 112 Å². The van der Waals surface area contributed by atoms with Crippen molar-refractivity contribution in [3.63, 3.8) is 0 Å². The van der Waals surface area contributed by atoms with Crippen LogP contribution < -0.4 is 10.5 Å². The third-order valence-electron chi connectivity index (χ3n) is 3.23. The van der Waals surface area contributed by atoms with Gasteiger partial charge >= 0.3 is 5.97 Å². The molecule has 0 heterocycles. The number of methoxy groups -OCH3 is 1. The highest BCUT2D eigenvalue weighted by Gasteiger charge is 2.22. The zero-order valence-corrected chi connectivity index (χ0v) is 11.6. The van der Waals surface area contributed by atoms with Crippen molar-refractivity contribution in [1.82, 2.24) is 0 Å². The fourth-order valence-corrected chi connectivity index (χ4v) is 2.11. The summed E-state index contributed by atoms with van der Waals surface area (Å²) in [5, 5.41) is 8.69. The number of ether oxygens (including phenoxy) is 1. The smallest absolute Gasteiger partial charge is 0.305 e. The highest BCUT2D eigenvalue weighted by Crippen LogP contribution is 2.29. The average Bonchev–Trinajstić information content (AvgIpc) is 2.32. The first-order chi connectivity index (χ1) is 8.79. The fraction of sp³-hybridized carbons (Fsp3) is 0.429. The molecule has 1 aromatic carbocycles. The van der Waals surface area contributed by atoms with E-state index >= 15 is 0 Å². The predicted octanol–water partition coefficient (Wildman–Crippen LogP) is 1.61. The zero-order chi connectivity index (χ0) is 14.7.